The van der Waals surface area contributed by atoms with E-state index in [0.29, 0.717) is 11.5 Å². The molecule has 1 N–H and O–H groups in total. The highest BCUT2D eigenvalue weighted by Crippen LogP contribution is 2.48. The summed E-state index contributed by atoms with van der Waals surface area (Å²) in [5.41, 5.74) is 2.14. The van der Waals surface area contributed by atoms with Gasteiger partial charge in [-0.25, -0.2) is 0 Å². The summed E-state index contributed by atoms with van der Waals surface area (Å²) >= 11 is 0. The van der Waals surface area contributed by atoms with E-state index in [9.17, 15) is 0 Å². The van der Waals surface area contributed by atoms with E-state index in [2.05, 4.69) is 63.5 Å². The second-order valence-electron chi connectivity index (χ2n) is 6.82. The average molecular weight is 245 g/mol. The lowest BCUT2D eigenvalue weighted by atomic mass is 9.64. The fourth-order valence-electron chi connectivity index (χ4n) is 4.06. The van der Waals surface area contributed by atoms with Gasteiger partial charge < -0.3 is 5.32 Å². The highest BCUT2D eigenvalue weighted by atomic mass is 14.9. The Morgan fingerprint density at radius 3 is 2.06 bits per heavy atom. The number of nitrogens with one attached hydrogen (secondary N) is 1. The van der Waals surface area contributed by atoms with Crippen LogP contribution in [0.5, 0.6) is 0 Å². The van der Waals surface area contributed by atoms with Crippen molar-refractivity contribution in [3.63, 3.8) is 0 Å². The van der Waals surface area contributed by atoms with Crippen LogP contribution >= 0.6 is 0 Å². The number of benzene rings is 1. The fraction of sp³-hybridized carbons (Fsp3) is 0.647. The van der Waals surface area contributed by atoms with Gasteiger partial charge >= 0.3 is 0 Å². The predicted octanol–water partition coefficient (Wildman–Crippen LogP) is 4.13. The van der Waals surface area contributed by atoms with Crippen molar-refractivity contribution in [3.8, 4) is 0 Å². The molecule has 0 aromatic heterocycles. The molecule has 0 amide bonds. The number of hydrogen-bond donors (Lipinski definition) is 1. The molecule has 0 aliphatic heterocycles. The van der Waals surface area contributed by atoms with Gasteiger partial charge in [-0.05, 0) is 30.9 Å². The van der Waals surface area contributed by atoms with Crippen LogP contribution in [-0.2, 0) is 5.41 Å². The molecular formula is C17H27N. The van der Waals surface area contributed by atoms with Crippen molar-refractivity contribution in [3.05, 3.63) is 35.9 Å². The van der Waals surface area contributed by atoms with Crippen LogP contribution in [0.15, 0.2) is 30.3 Å². The third-order valence-corrected chi connectivity index (χ3v) is 4.55. The lowest BCUT2D eigenvalue weighted by Gasteiger charge is -2.45. The van der Waals surface area contributed by atoms with Crippen molar-refractivity contribution < 1.29 is 0 Å². The summed E-state index contributed by atoms with van der Waals surface area (Å²) in [6.45, 7) is 7.07. The van der Waals surface area contributed by atoms with Crippen LogP contribution in [0.25, 0.3) is 0 Å². The fourth-order valence-corrected chi connectivity index (χ4v) is 4.06. The molecule has 1 aliphatic rings. The van der Waals surface area contributed by atoms with Gasteiger partial charge in [0.15, 0.2) is 0 Å². The Bertz CT molecular complexity index is 368. The molecule has 1 atom stereocenters. The third kappa shape index (κ3) is 2.33. The van der Waals surface area contributed by atoms with Crippen LogP contribution < -0.4 is 5.32 Å². The molecule has 1 aromatic rings. The molecule has 1 aromatic carbocycles. The van der Waals surface area contributed by atoms with Crippen molar-refractivity contribution in [2.75, 3.05) is 7.05 Å². The number of likely N-dealkylation sites (N-methyl/N-ethyl adjacent to an activating group) is 1. The average Bonchev–Trinajstić information content (AvgIpc) is 2.79. The van der Waals surface area contributed by atoms with E-state index < -0.39 is 0 Å². The second-order valence-corrected chi connectivity index (χ2v) is 6.82. The molecule has 0 spiro atoms. The Morgan fingerprint density at radius 1 is 1.06 bits per heavy atom. The molecule has 2 rings (SSSR count). The van der Waals surface area contributed by atoms with Crippen LogP contribution in [-0.4, -0.2) is 13.1 Å². The van der Waals surface area contributed by atoms with E-state index in [-0.39, 0.29) is 5.41 Å². The van der Waals surface area contributed by atoms with Crippen LogP contribution in [0.4, 0.5) is 0 Å². The normalized spacial score (nSPS) is 20.9. The summed E-state index contributed by atoms with van der Waals surface area (Å²) in [5.74, 6) is 0. The first-order chi connectivity index (χ1) is 8.50. The molecule has 0 heterocycles. The maximum atomic E-state index is 3.62. The Kier molecular flexibility index (Phi) is 3.82. The summed E-state index contributed by atoms with van der Waals surface area (Å²) in [5, 5.41) is 3.62. The molecule has 1 fully saturated rings. The molecule has 18 heavy (non-hydrogen) atoms. The van der Waals surface area contributed by atoms with Gasteiger partial charge in [0.05, 0.1) is 0 Å². The van der Waals surface area contributed by atoms with Crippen LogP contribution in [0.3, 0.4) is 0 Å². The first-order valence-corrected chi connectivity index (χ1v) is 7.23. The molecular weight excluding hydrogens is 218 g/mol. The first-order valence-electron chi connectivity index (χ1n) is 7.23. The Morgan fingerprint density at radius 2 is 1.61 bits per heavy atom. The minimum Gasteiger partial charge on any atom is -0.316 e. The van der Waals surface area contributed by atoms with Gasteiger partial charge in [0.2, 0.25) is 0 Å². The number of rotatable bonds is 3. The molecule has 1 saturated carbocycles. The van der Waals surface area contributed by atoms with E-state index >= 15 is 0 Å². The monoisotopic (exact) mass is 245 g/mol. The van der Waals surface area contributed by atoms with E-state index in [1.165, 1.54) is 31.2 Å². The Balaban J connectivity index is 2.44. The zero-order valence-corrected chi connectivity index (χ0v) is 12.3. The molecule has 100 valence electrons. The topological polar surface area (TPSA) is 12.0 Å². The lowest BCUT2D eigenvalue weighted by Crippen LogP contribution is -2.53. The SMILES string of the molecule is CNC(C(C)(C)C)C1(c2ccccc2)CCCC1. The predicted molar refractivity (Wildman–Crippen MR) is 78.9 cm³/mol. The smallest absolute Gasteiger partial charge is 0.0209 e. The van der Waals surface area contributed by atoms with E-state index in [4.69, 9.17) is 0 Å². The maximum absolute atomic E-state index is 3.62. The molecule has 1 heteroatoms. The van der Waals surface area contributed by atoms with Crippen LogP contribution in [0, 0.1) is 5.41 Å². The van der Waals surface area contributed by atoms with Crippen LogP contribution in [0.1, 0.15) is 52.0 Å². The summed E-state index contributed by atoms with van der Waals surface area (Å²) in [6, 6.07) is 11.7. The summed E-state index contributed by atoms with van der Waals surface area (Å²) in [6.07, 6.45) is 5.37. The molecule has 0 saturated heterocycles. The Labute approximate surface area is 112 Å². The van der Waals surface area contributed by atoms with Gasteiger partial charge in [-0.15, -0.1) is 0 Å². The van der Waals surface area contributed by atoms with E-state index in [0.717, 1.165) is 0 Å². The quantitative estimate of drug-likeness (QED) is 0.844. The molecule has 1 nitrogen and oxygen atoms in total. The minimum atomic E-state index is 0.287. The van der Waals surface area contributed by atoms with Gasteiger partial charge in [0.25, 0.3) is 0 Å². The molecule has 1 aliphatic carbocycles. The number of hydrogen-bond acceptors (Lipinski definition) is 1. The largest absolute Gasteiger partial charge is 0.316 e. The summed E-state index contributed by atoms with van der Waals surface area (Å²) in [7, 11) is 2.12. The first kappa shape index (κ1) is 13.6. The highest BCUT2D eigenvalue weighted by molar-refractivity contribution is 5.30. The zero-order valence-electron chi connectivity index (χ0n) is 12.3. The summed E-state index contributed by atoms with van der Waals surface area (Å²) < 4.78 is 0. The zero-order chi connectivity index (χ0) is 13.2. The van der Waals surface area contributed by atoms with Gasteiger partial charge in [0.1, 0.15) is 0 Å². The third-order valence-electron chi connectivity index (χ3n) is 4.55. The van der Waals surface area contributed by atoms with Gasteiger partial charge in [-0.3, -0.25) is 0 Å². The molecule has 0 radical (unpaired) electrons. The van der Waals surface area contributed by atoms with Crippen molar-refractivity contribution in [1.29, 1.82) is 0 Å². The van der Waals surface area contributed by atoms with E-state index in [1.54, 1.807) is 0 Å². The maximum Gasteiger partial charge on any atom is 0.0209 e. The van der Waals surface area contributed by atoms with Crippen LogP contribution in [0.2, 0.25) is 0 Å². The lowest BCUT2D eigenvalue weighted by molar-refractivity contribution is 0.169. The van der Waals surface area contributed by atoms with E-state index in [1.807, 2.05) is 0 Å². The minimum absolute atomic E-state index is 0.287. The van der Waals surface area contributed by atoms with Crippen molar-refractivity contribution >= 4 is 0 Å². The van der Waals surface area contributed by atoms with Crippen molar-refractivity contribution in [1.82, 2.24) is 5.32 Å². The Hall–Kier alpha value is -0.820. The van der Waals surface area contributed by atoms with Crippen molar-refractivity contribution in [2.45, 2.75) is 57.9 Å². The van der Waals surface area contributed by atoms with Gasteiger partial charge in [0, 0.05) is 11.5 Å². The highest BCUT2D eigenvalue weighted by Gasteiger charge is 2.46. The van der Waals surface area contributed by atoms with Crippen molar-refractivity contribution in [2.24, 2.45) is 5.41 Å². The standard InChI is InChI=1S/C17H27N/c1-16(2,3)15(18-4)17(12-8-9-13-17)14-10-6-5-7-11-14/h5-7,10-11,15,18H,8-9,12-13H2,1-4H3. The molecule has 0 bridgehead atoms. The second kappa shape index (κ2) is 5.05. The van der Waals surface area contributed by atoms with Gasteiger partial charge in [-0.2, -0.15) is 0 Å². The molecule has 1 unspecified atom stereocenters. The summed E-state index contributed by atoms with van der Waals surface area (Å²) in [4.78, 5) is 0. The van der Waals surface area contributed by atoms with Gasteiger partial charge in [-0.1, -0.05) is 63.9 Å².